The molecule has 126 valence electrons. The van der Waals surface area contributed by atoms with Crippen LogP contribution in [0.3, 0.4) is 0 Å². The van der Waals surface area contributed by atoms with Crippen molar-refractivity contribution in [2.24, 2.45) is 5.10 Å². The van der Waals surface area contributed by atoms with Gasteiger partial charge in [-0.1, -0.05) is 41.1 Å². The lowest BCUT2D eigenvalue weighted by Gasteiger charge is -2.25. The summed E-state index contributed by atoms with van der Waals surface area (Å²) in [5.41, 5.74) is 4.06. The third-order valence-corrected chi connectivity index (χ3v) is 5.41. The number of nitrogens with one attached hydrogen (secondary N) is 1. The fraction of sp³-hybridized carbons (Fsp3) is 0.353. The van der Waals surface area contributed by atoms with Gasteiger partial charge in [0, 0.05) is 18.7 Å². The highest BCUT2D eigenvalue weighted by Gasteiger charge is 2.16. The van der Waals surface area contributed by atoms with E-state index in [9.17, 15) is 4.79 Å². The molecule has 1 N–H and O–H groups in total. The number of anilines is 1. The Bertz CT molecular complexity index is 753. The Hall–Kier alpha value is -1.92. The predicted molar refractivity (Wildman–Crippen MR) is 99.4 cm³/mol. The SMILES string of the molecule is Cc1ccccc1C(=O)N/N=C\c1sc(N2CCCCC2)nc1Cl. The first-order chi connectivity index (χ1) is 11.6. The van der Waals surface area contributed by atoms with Gasteiger partial charge < -0.3 is 4.90 Å². The van der Waals surface area contributed by atoms with E-state index in [4.69, 9.17) is 11.6 Å². The zero-order chi connectivity index (χ0) is 16.9. The lowest BCUT2D eigenvalue weighted by molar-refractivity contribution is 0.0954. The number of carbonyl (C=O) groups excluding carboxylic acids is 1. The molecule has 1 saturated heterocycles. The molecule has 24 heavy (non-hydrogen) atoms. The molecule has 7 heteroatoms. The summed E-state index contributed by atoms with van der Waals surface area (Å²) in [5, 5.41) is 5.37. The van der Waals surface area contributed by atoms with Gasteiger partial charge in [0.1, 0.15) is 0 Å². The smallest absolute Gasteiger partial charge is 0.271 e. The van der Waals surface area contributed by atoms with Crippen molar-refractivity contribution in [1.82, 2.24) is 10.4 Å². The van der Waals surface area contributed by atoms with Crippen LogP contribution in [0.1, 0.15) is 40.1 Å². The van der Waals surface area contributed by atoms with Crippen LogP contribution >= 0.6 is 22.9 Å². The van der Waals surface area contributed by atoms with Crippen LogP contribution in [0.2, 0.25) is 5.15 Å². The van der Waals surface area contributed by atoms with Crippen molar-refractivity contribution in [3.63, 3.8) is 0 Å². The zero-order valence-corrected chi connectivity index (χ0v) is 15.0. The van der Waals surface area contributed by atoms with Gasteiger partial charge in [0.2, 0.25) is 0 Å². The molecular weight excluding hydrogens is 344 g/mol. The van der Waals surface area contributed by atoms with Crippen molar-refractivity contribution in [1.29, 1.82) is 0 Å². The van der Waals surface area contributed by atoms with Gasteiger partial charge in [-0.05, 0) is 37.8 Å². The minimum absolute atomic E-state index is 0.235. The van der Waals surface area contributed by atoms with Gasteiger partial charge in [-0.3, -0.25) is 4.79 Å². The highest BCUT2D eigenvalue weighted by atomic mass is 35.5. The highest BCUT2D eigenvalue weighted by molar-refractivity contribution is 7.17. The summed E-state index contributed by atoms with van der Waals surface area (Å²) in [6.07, 6.45) is 5.21. The van der Waals surface area contributed by atoms with Crippen LogP contribution in [0, 0.1) is 6.92 Å². The average Bonchev–Trinajstić information content (AvgIpc) is 2.97. The summed E-state index contributed by atoms with van der Waals surface area (Å²) in [6.45, 7) is 3.93. The second-order valence-corrected chi connectivity index (χ2v) is 7.08. The Morgan fingerprint density at radius 2 is 2.08 bits per heavy atom. The van der Waals surface area contributed by atoms with Gasteiger partial charge in [0.25, 0.3) is 5.91 Å². The standard InChI is InChI=1S/C17H19ClN4OS/c1-12-7-3-4-8-13(12)16(23)21-19-11-14-15(18)20-17(24-14)22-9-5-2-6-10-22/h3-4,7-8,11H,2,5-6,9-10H2,1H3,(H,21,23)/b19-11-. The first kappa shape index (κ1) is 16.9. The Morgan fingerprint density at radius 3 is 2.83 bits per heavy atom. The maximum Gasteiger partial charge on any atom is 0.271 e. The van der Waals surface area contributed by atoms with Gasteiger partial charge in [0.05, 0.1) is 11.1 Å². The molecule has 1 amide bonds. The average molecular weight is 363 g/mol. The van der Waals surface area contributed by atoms with E-state index in [2.05, 4.69) is 20.4 Å². The van der Waals surface area contributed by atoms with Crippen molar-refractivity contribution in [3.8, 4) is 0 Å². The molecule has 1 fully saturated rings. The van der Waals surface area contributed by atoms with Crippen molar-refractivity contribution in [3.05, 3.63) is 45.4 Å². The van der Waals surface area contributed by atoms with Gasteiger partial charge in [-0.15, -0.1) is 0 Å². The Morgan fingerprint density at radius 1 is 1.33 bits per heavy atom. The normalized spacial score (nSPS) is 15.0. The molecule has 0 unspecified atom stereocenters. The topological polar surface area (TPSA) is 57.6 Å². The minimum Gasteiger partial charge on any atom is -0.348 e. The van der Waals surface area contributed by atoms with E-state index in [1.54, 1.807) is 12.3 Å². The molecule has 0 atom stereocenters. The largest absolute Gasteiger partial charge is 0.348 e. The van der Waals surface area contributed by atoms with E-state index >= 15 is 0 Å². The minimum atomic E-state index is -0.235. The van der Waals surface area contributed by atoms with E-state index in [-0.39, 0.29) is 5.91 Å². The maximum absolute atomic E-state index is 12.1. The number of aryl methyl sites for hydroxylation is 1. The second-order valence-electron chi connectivity index (χ2n) is 5.71. The number of rotatable bonds is 4. The number of piperidine rings is 1. The van der Waals surface area contributed by atoms with Crippen LogP contribution in [0.4, 0.5) is 5.13 Å². The molecule has 1 aliphatic rings. The summed E-state index contributed by atoms with van der Waals surface area (Å²) in [7, 11) is 0. The summed E-state index contributed by atoms with van der Waals surface area (Å²) >= 11 is 7.69. The first-order valence-electron chi connectivity index (χ1n) is 7.95. The van der Waals surface area contributed by atoms with Crippen molar-refractivity contribution < 1.29 is 4.79 Å². The number of carbonyl (C=O) groups is 1. The molecule has 0 radical (unpaired) electrons. The second kappa shape index (κ2) is 7.77. The summed E-state index contributed by atoms with van der Waals surface area (Å²) in [5.74, 6) is -0.235. The molecule has 0 aliphatic carbocycles. The van der Waals surface area contributed by atoms with Crippen LogP contribution < -0.4 is 10.3 Å². The van der Waals surface area contributed by atoms with Gasteiger partial charge in [-0.2, -0.15) is 5.10 Å². The third kappa shape index (κ3) is 3.94. The Kier molecular flexibility index (Phi) is 5.48. The van der Waals surface area contributed by atoms with E-state index in [0.29, 0.717) is 10.7 Å². The number of hydrogen-bond donors (Lipinski definition) is 1. The maximum atomic E-state index is 12.1. The third-order valence-electron chi connectivity index (χ3n) is 3.96. The van der Waals surface area contributed by atoms with Crippen LogP contribution in [0.15, 0.2) is 29.4 Å². The van der Waals surface area contributed by atoms with Crippen molar-refractivity contribution >= 4 is 40.2 Å². The summed E-state index contributed by atoms with van der Waals surface area (Å²) in [6, 6.07) is 7.39. The number of benzene rings is 1. The quantitative estimate of drug-likeness (QED) is 0.663. The first-order valence-corrected chi connectivity index (χ1v) is 9.15. The molecule has 2 heterocycles. The molecule has 5 nitrogen and oxygen atoms in total. The predicted octanol–water partition coefficient (Wildman–Crippen LogP) is 3.86. The number of hydrogen-bond acceptors (Lipinski definition) is 5. The monoisotopic (exact) mass is 362 g/mol. The molecule has 1 aliphatic heterocycles. The number of nitrogens with zero attached hydrogens (tertiary/aromatic N) is 3. The van der Waals surface area contributed by atoms with E-state index in [1.807, 2.05) is 25.1 Å². The van der Waals surface area contributed by atoms with Crippen molar-refractivity contribution in [2.75, 3.05) is 18.0 Å². The fourth-order valence-corrected chi connectivity index (χ4v) is 3.82. The fourth-order valence-electron chi connectivity index (χ4n) is 2.64. The molecule has 1 aromatic carbocycles. The summed E-state index contributed by atoms with van der Waals surface area (Å²) < 4.78 is 0. The molecule has 0 saturated carbocycles. The molecule has 1 aromatic heterocycles. The zero-order valence-electron chi connectivity index (χ0n) is 13.5. The number of thiazole rings is 1. The number of amides is 1. The highest BCUT2D eigenvalue weighted by Crippen LogP contribution is 2.30. The number of hydrazone groups is 1. The lowest BCUT2D eigenvalue weighted by Crippen LogP contribution is -2.29. The van der Waals surface area contributed by atoms with E-state index in [1.165, 1.54) is 30.6 Å². The summed E-state index contributed by atoms with van der Waals surface area (Å²) in [4.78, 5) is 19.5. The number of halogens is 1. The van der Waals surface area contributed by atoms with Crippen molar-refractivity contribution in [2.45, 2.75) is 26.2 Å². The van der Waals surface area contributed by atoms with E-state index < -0.39 is 0 Å². The molecule has 2 aromatic rings. The molecule has 0 bridgehead atoms. The Labute approximate surface area is 150 Å². The van der Waals surface area contributed by atoms with Crippen LogP contribution in [-0.2, 0) is 0 Å². The van der Waals surface area contributed by atoms with Gasteiger partial charge >= 0.3 is 0 Å². The van der Waals surface area contributed by atoms with Crippen LogP contribution in [0.5, 0.6) is 0 Å². The molecule has 0 spiro atoms. The molecule has 3 rings (SSSR count). The molecular formula is C17H19ClN4OS. The number of aromatic nitrogens is 1. The van der Waals surface area contributed by atoms with Crippen LogP contribution in [-0.4, -0.2) is 30.2 Å². The van der Waals surface area contributed by atoms with Gasteiger partial charge in [-0.25, -0.2) is 10.4 Å². The van der Waals surface area contributed by atoms with E-state index in [0.717, 1.165) is 28.7 Å². The van der Waals surface area contributed by atoms with Crippen LogP contribution in [0.25, 0.3) is 0 Å². The lowest BCUT2D eigenvalue weighted by atomic mass is 10.1. The van der Waals surface area contributed by atoms with Gasteiger partial charge in [0.15, 0.2) is 10.3 Å². The Balaban J connectivity index is 1.65.